The quantitative estimate of drug-likeness (QED) is 0.333. The number of hydrogen-bond donors (Lipinski definition) is 0. The topological polar surface area (TPSA) is 9.23 Å². The Bertz CT molecular complexity index is 903. The van der Waals surface area contributed by atoms with Crippen molar-refractivity contribution in [3.8, 4) is 5.75 Å². The molecule has 0 saturated heterocycles. The van der Waals surface area contributed by atoms with Gasteiger partial charge in [-0.1, -0.05) is 96.1 Å². The Labute approximate surface area is 187 Å². The number of hydrogen-bond acceptors (Lipinski definition) is 1. The Kier molecular flexibility index (Phi) is 6.75. The molecule has 0 bridgehead atoms. The van der Waals surface area contributed by atoms with E-state index in [0.29, 0.717) is 12.5 Å². The molecular formula is C28H44OSi. The molecule has 0 saturated carbocycles. The molecule has 0 fully saturated rings. The summed E-state index contributed by atoms with van der Waals surface area (Å²) >= 11 is 0. The molecule has 1 atom stereocenters. The smallest absolute Gasteiger partial charge is 0.123 e. The van der Waals surface area contributed by atoms with E-state index < -0.39 is 8.07 Å². The second kappa shape index (κ2) is 8.18. The predicted octanol–water partition coefficient (Wildman–Crippen LogP) is 7.86. The lowest BCUT2D eigenvalue weighted by Gasteiger charge is -2.40. The summed E-state index contributed by atoms with van der Waals surface area (Å²) in [5, 5.41) is 1.67. The number of rotatable bonds is 6. The van der Waals surface area contributed by atoms with Crippen LogP contribution < -0.4 is 9.92 Å². The molecule has 166 valence electrons. The van der Waals surface area contributed by atoms with E-state index in [1.165, 1.54) is 38.6 Å². The van der Waals surface area contributed by atoms with Crippen molar-refractivity contribution in [2.45, 2.75) is 92.8 Å². The average Bonchev–Trinajstić information content (AvgIpc) is 2.82. The molecule has 2 rings (SSSR count). The van der Waals surface area contributed by atoms with Gasteiger partial charge in [-0.05, 0) is 55.0 Å². The van der Waals surface area contributed by atoms with Gasteiger partial charge in [0, 0.05) is 11.0 Å². The van der Waals surface area contributed by atoms with Crippen LogP contribution in [-0.4, -0.2) is 14.7 Å². The number of allylic oxidation sites excluding steroid dienone is 4. The molecule has 0 amide bonds. The minimum Gasteiger partial charge on any atom is -0.489 e. The van der Waals surface area contributed by atoms with Gasteiger partial charge in [-0.25, -0.2) is 0 Å². The Morgan fingerprint density at radius 2 is 1.57 bits per heavy atom. The van der Waals surface area contributed by atoms with Gasteiger partial charge in [-0.3, -0.25) is 0 Å². The highest BCUT2D eigenvalue weighted by Crippen LogP contribution is 2.49. The van der Waals surface area contributed by atoms with Gasteiger partial charge < -0.3 is 4.74 Å². The molecule has 30 heavy (non-hydrogen) atoms. The van der Waals surface area contributed by atoms with Crippen molar-refractivity contribution in [2.24, 2.45) is 5.92 Å². The van der Waals surface area contributed by atoms with Crippen LogP contribution in [0, 0.1) is 12.8 Å². The highest BCUT2D eigenvalue weighted by molar-refractivity contribution is 6.92. The Balaban J connectivity index is 2.88. The molecule has 1 aromatic carbocycles. The first-order valence-corrected chi connectivity index (χ1v) is 14.4. The fourth-order valence-corrected chi connectivity index (χ4v) is 7.03. The van der Waals surface area contributed by atoms with Crippen molar-refractivity contribution in [1.82, 2.24) is 0 Å². The summed E-state index contributed by atoms with van der Waals surface area (Å²) < 4.78 is 6.50. The predicted molar refractivity (Wildman–Crippen MR) is 137 cm³/mol. The minimum absolute atomic E-state index is 0.125. The monoisotopic (exact) mass is 424 g/mol. The van der Waals surface area contributed by atoms with E-state index in [1.54, 1.807) is 0 Å². The standard InChI is InChI=1S/C28H44OSi/c1-14-15-29-26-23(16-18(2)17-24(26)30(12,13)27(7,8)9)28(10,11)25-21(5)19(3)20(4)22(25)6/h14,16-17,19H,1,15H2,2-13H3. The molecule has 0 heterocycles. The van der Waals surface area contributed by atoms with Crippen molar-refractivity contribution in [3.05, 3.63) is 58.2 Å². The second-order valence-electron chi connectivity index (χ2n) is 11.4. The summed E-state index contributed by atoms with van der Waals surface area (Å²) in [4.78, 5) is 0. The van der Waals surface area contributed by atoms with Crippen molar-refractivity contribution in [1.29, 1.82) is 0 Å². The van der Waals surface area contributed by atoms with E-state index >= 15 is 0 Å². The highest BCUT2D eigenvalue weighted by Gasteiger charge is 2.42. The van der Waals surface area contributed by atoms with E-state index in [9.17, 15) is 0 Å². The van der Waals surface area contributed by atoms with Crippen LogP contribution in [0.1, 0.15) is 73.4 Å². The fourth-order valence-electron chi connectivity index (χ4n) is 4.86. The third-order valence-electron chi connectivity index (χ3n) is 8.09. The summed E-state index contributed by atoms with van der Waals surface area (Å²) in [6.45, 7) is 32.8. The molecule has 2 heteroatoms. The largest absolute Gasteiger partial charge is 0.489 e. The van der Waals surface area contributed by atoms with Crippen molar-refractivity contribution in [2.75, 3.05) is 6.61 Å². The van der Waals surface area contributed by atoms with E-state index in [0.717, 1.165) is 5.75 Å². The van der Waals surface area contributed by atoms with Crippen LogP contribution in [0.4, 0.5) is 0 Å². The first-order valence-electron chi connectivity index (χ1n) is 11.4. The van der Waals surface area contributed by atoms with Gasteiger partial charge in [-0.15, -0.1) is 0 Å². The van der Waals surface area contributed by atoms with Crippen molar-refractivity contribution in [3.63, 3.8) is 0 Å². The molecule has 1 nitrogen and oxygen atoms in total. The van der Waals surface area contributed by atoms with E-state index in [4.69, 9.17) is 4.74 Å². The lowest BCUT2D eigenvalue weighted by molar-refractivity contribution is 0.355. The lowest BCUT2D eigenvalue weighted by Crippen LogP contribution is -2.50. The lowest BCUT2D eigenvalue weighted by atomic mass is 9.73. The fraction of sp³-hybridized carbons (Fsp3) is 0.571. The van der Waals surface area contributed by atoms with Gasteiger partial charge in [0.1, 0.15) is 12.4 Å². The van der Waals surface area contributed by atoms with Crippen LogP contribution >= 0.6 is 0 Å². The first kappa shape index (κ1) is 24.7. The molecule has 1 aromatic rings. The van der Waals surface area contributed by atoms with Crippen LogP contribution in [0.2, 0.25) is 18.1 Å². The minimum atomic E-state index is -1.81. The third kappa shape index (κ3) is 4.00. The van der Waals surface area contributed by atoms with Crippen LogP contribution in [-0.2, 0) is 5.41 Å². The molecule has 0 N–H and O–H groups in total. The second-order valence-corrected chi connectivity index (χ2v) is 16.7. The van der Waals surface area contributed by atoms with Crippen molar-refractivity contribution < 1.29 is 4.74 Å². The molecule has 0 aliphatic heterocycles. The van der Waals surface area contributed by atoms with Gasteiger partial charge in [0.2, 0.25) is 0 Å². The number of benzene rings is 1. The Hall–Kier alpha value is -1.54. The SMILES string of the molecule is C=CCOc1c(C(C)(C)C2=C(C)C(C)C(C)=C2C)cc(C)cc1[Si](C)(C)C(C)(C)C. The zero-order valence-electron chi connectivity index (χ0n) is 21.6. The maximum absolute atomic E-state index is 6.50. The van der Waals surface area contributed by atoms with Crippen LogP contribution in [0.5, 0.6) is 5.75 Å². The maximum Gasteiger partial charge on any atom is 0.123 e. The number of aryl methyl sites for hydroxylation is 1. The summed E-state index contributed by atoms with van der Waals surface area (Å²) in [5.74, 6) is 1.61. The summed E-state index contributed by atoms with van der Waals surface area (Å²) in [6.07, 6.45) is 1.86. The Morgan fingerprint density at radius 1 is 1.00 bits per heavy atom. The van der Waals surface area contributed by atoms with E-state index in [-0.39, 0.29) is 10.5 Å². The molecule has 1 unspecified atom stereocenters. The third-order valence-corrected chi connectivity index (χ3v) is 13.6. The molecule has 0 spiro atoms. The molecule has 0 radical (unpaired) electrons. The summed E-state index contributed by atoms with van der Waals surface area (Å²) in [6, 6.07) is 4.75. The zero-order valence-corrected chi connectivity index (χ0v) is 22.6. The van der Waals surface area contributed by atoms with Gasteiger partial charge in [0.05, 0.1) is 8.07 Å². The first-order chi connectivity index (χ1) is 13.6. The zero-order chi connectivity index (χ0) is 23.2. The summed E-state index contributed by atoms with van der Waals surface area (Å²) in [7, 11) is -1.81. The molecular weight excluding hydrogens is 380 g/mol. The normalized spacial score (nSPS) is 18.3. The van der Waals surface area contributed by atoms with Crippen LogP contribution in [0.3, 0.4) is 0 Å². The Morgan fingerprint density at radius 3 is 2.00 bits per heavy atom. The van der Waals surface area contributed by atoms with Gasteiger partial charge in [-0.2, -0.15) is 0 Å². The van der Waals surface area contributed by atoms with Crippen molar-refractivity contribution >= 4 is 13.3 Å². The van der Waals surface area contributed by atoms with E-state index in [2.05, 4.69) is 101 Å². The van der Waals surface area contributed by atoms with Gasteiger partial charge >= 0.3 is 0 Å². The summed E-state index contributed by atoms with van der Waals surface area (Å²) in [5.41, 5.74) is 8.46. The molecule has 1 aliphatic rings. The molecule has 0 aromatic heterocycles. The van der Waals surface area contributed by atoms with E-state index in [1.807, 2.05) is 6.08 Å². The van der Waals surface area contributed by atoms with Crippen LogP contribution in [0.15, 0.2) is 47.1 Å². The highest BCUT2D eigenvalue weighted by atomic mass is 28.3. The van der Waals surface area contributed by atoms with Crippen LogP contribution in [0.25, 0.3) is 0 Å². The van der Waals surface area contributed by atoms with Gasteiger partial charge in [0.15, 0.2) is 0 Å². The maximum atomic E-state index is 6.50. The van der Waals surface area contributed by atoms with Gasteiger partial charge in [0.25, 0.3) is 0 Å². The average molecular weight is 425 g/mol. The molecule has 1 aliphatic carbocycles. The number of ether oxygens (including phenoxy) is 1.